The van der Waals surface area contributed by atoms with E-state index in [0.717, 1.165) is 16.9 Å². The van der Waals surface area contributed by atoms with Crippen LogP contribution in [0.5, 0.6) is 5.75 Å². The summed E-state index contributed by atoms with van der Waals surface area (Å²) in [5, 5.41) is 0. The molecular formula is C12H13N3O. The second kappa shape index (κ2) is 4.72. The minimum atomic E-state index is -0.226. The molecule has 0 saturated heterocycles. The lowest BCUT2D eigenvalue weighted by atomic mass is 10.0. The van der Waals surface area contributed by atoms with Gasteiger partial charge in [0.1, 0.15) is 12.1 Å². The van der Waals surface area contributed by atoms with Crippen molar-refractivity contribution in [3.05, 3.63) is 54.1 Å². The molecule has 0 radical (unpaired) electrons. The molecule has 2 rings (SSSR count). The van der Waals surface area contributed by atoms with E-state index < -0.39 is 0 Å². The van der Waals surface area contributed by atoms with E-state index in [2.05, 4.69) is 9.97 Å². The van der Waals surface area contributed by atoms with Crippen molar-refractivity contribution >= 4 is 0 Å². The molecule has 0 amide bonds. The predicted molar refractivity (Wildman–Crippen MR) is 61.1 cm³/mol. The van der Waals surface area contributed by atoms with Crippen LogP contribution in [0.2, 0.25) is 0 Å². The highest BCUT2D eigenvalue weighted by molar-refractivity contribution is 5.34. The van der Waals surface area contributed by atoms with Crippen molar-refractivity contribution in [2.75, 3.05) is 7.11 Å². The van der Waals surface area contributed by atoms with E-state index in [0.29, 0.717) is 0 Å². The van der Waals surface area contributed by atoms with E-state index in [4.69, 9.17) is 10.5 Å². The summed E-state index contributed by atoms with van der Waals surface area (Å²) in [6, 6.07) is 7.45. The first-order valence-electron chi connectivity index (χ1n) is 4.95. The fraction of sp³-hybridized carbons (Fsp3) is 0.167. The molecule has 0 spiro atoms. The molecule has 2 N–H and O–H groups in total. The van der Waals surface area contributed by atoms with E-state index in [1.807, 2.05) is 24.3 Å². The lowest BCUT2D eigenvalue weighted by molar-refractivity contribution is 0.414. The first-order valence-corrected chi connectivity index (χ1v) is 4.95. The first kappa shape index (κ1) is 10.6. The Morgan fingerprint density at radius 1 is 1.19 bits per heavy atom. The molecule has 0 aliphatic rings. The number of nitrogens with two attached hydrogens (primary N) is 1. The molecule has 82 valence electrons. The standard InChI is InChI=1S/C12H13N3O/c1-16-11-4-2-3-9(5-11)12(13)10-6-14-8-15-7-10/h2-8,12H,13H2,1H3. The number of ether oxygens (including phenoxy) is 1. The summed E-state index contributed by atoms with van der Waals surface area (Å²) in [5.41, 5.74) is 7.97. The topological polar surface area (TPSA) is 61.0 Å². The summed E-state index contributed by atoms with van der Waals surface area (Å²) < 4.78 is 5.15. The van der Waals surface area contributed by atoms with Crippen LogP contribution in [0.25, 0.3) is 0 Å². The third-order valence-corrected chi connectivity index (χ3v) is 2.39. The third-order valence-electron chi connectivity index (χ3n) is 2.39. The summed E-state index contributed by atoms with van der Waals surface area (Å²) in [4.78, 5) is 7.90. The summed E-state index contributed by atoms with van der Waals surface area (Å²) in [6.45, 7) is 0. The SMILES string of the molecule is COc1cccc(C(N)c2cncnc2)c1. The van der Waals surface area contributed by atoms with Crippen LogP contribution in [0.3, 0.4) is 0 Å². The highest BCUT2D eigenvalue weighted by Gasteiger charge is 2.09. The van der Waals surface area contributed by atoms with Gasteiger partial charge in [-0.1, -0.05) is 12.1 Å². The van der Waals surface area contributed by atoms with Gasteiger partial charge in [0.2, 0.25) is 0 Å². The number of nitrogens with zero attached hydrogens (tertiary/aromatic N) is 2. The maximum atomic E-state index is 6.10. The fourth-order valence-electron chi connectivity index (χ4n) is 1.50. The van der Waals surface area contributed by atoms with E-state index in [9.17, 15) is 0 Å². The van der Waals surface area contributed by atoms with Gasteiger partial charge in [0.25, 0.3) is 0 Å². The second-order valence-electron chi connectivity index (χ2n) is 3.43. The summed E-state index contributed by atoms with van der Waals surface area (Å²) in [6.07, 6.45) is 4.93. The normalized spacial score (nSPS) is 12.1. The molecule has 1 heterocycles. The zero-order valence-electron chi connectivity index (χ0n) is 9.00. The van der Waals surface area contributed by atoms with Gasteiger partial charge >= 0.3 is 0 Å². The van der Waals surface area contributed by atoms with E-state index in [1.54, 1.807) is 19.5 Å². The molecule has 0 aliphatic carbocycles. The fourth-order valence-corrected chi connectivity index (χ4v) is 1.50. The molecule has 2 aromatic rings. The molecule has 0 fully saturated rings. The van der Waals surface area contributed by atoms with Crippen LogP contribution in [0, 0.1) is 0 Å². The van der Waals surface area contributed by atoms with E-state index >= 15 is 0 Å². The molecule has 1 unspecified atom stereocenters. The Morgan fingerprint density at radius 2 is 1.94 bits per heavy atom. The Labute approximate surface area is 94.1 Å². The number of benzene rings is 1. The van der Waals surface area contributed by atoms with Crippen molar-refractivity contribution in [3.63, 3.8) is 0 Å². The maximum absolute atomic E-state index is 6.10. The summed E-state index contributed by atoms with van der Waals surface area (Å²) in [7, 11) is 1.64. The van der Waals surface area contributed by atoms with Crippen LogP contribution in [0.1, 0.15) is 17.2 Å². The highest BCUT2D eigenvalue weighted by Crippen LogP contribution is 2.21. The monoisotopic (exact) mass is 215 g/mol. The Bertz CT molecular complexity index is 459. The van der Waals surface area contributed by atoms with Crippen LogP contribution < -0.4 is 10.5 Å². The molecule has 1 atom stereocenters. The van der Waals surface area contributed by atoms with Gasteiger partial charge in [0.05, 0.1) is 13.2 Å². The van der Waals surface area contributed by atoms with Gasteiger partial charge in [-0.05, 0) is 17.7 Å². The molecule has 4 nitrogen and oxygen atoms in total. The molecular weight excluding hydrogens is 202 g/mol. The number of rotatable bonds is 3. The van der Waals surface area contributed by atoms with Crippen molar-refractivity contribution in [3.8, 4) is 5.75 Å². The molecule has 0 aliphatic heterocycles. The van der Waals surface area contributed by atoms with Gasteiger partial charge in [-0.15, -0.1) is 0 Å². The minimum Gasteiger partial charge on any atom is -0.497 e. The first-order chi connectivity index (χ1) is 7.81. The Balaban J connectivity index is 2.30. The van der Waals surface area contributed by atoms with Crippen molar-refractivity contribution < 1.29 is 4.74 Å². The lowest BCUT2D eigenvalue weighted by Crippen LogP contribution is -2.12. The smallest absolute Gasteiger partial charge is 0.119 e. The zero-order chi connectivity index (χ0) is 11.4. The molecule has 1 aromatic carbocycles. The van der Waals surface area contributed by atoms with Crippen LogP contribution in [0.4, 0.5) is 0 Å². The number of aromatic nitrogens is 2. The van der Waals surface area contributed by atoms with Crippen LogP contribution in [-0.4, -0.2) is 17.1 Å². The average Bonchev–Trinajstić information content (AvgIpc) is 2.39. The Hall–Kier alpha value is -1.94. The van der Waals surface area contributed by atoms with Gasteiger partial charge in [-0.2, -0.15) is 0 Å². The predicted octanol–water partition coefficient (Wildman–Crippen LogP) is 1.53. The molecule has 4 heteroatoms. The molecule has 0 saturated carbocycles. The van der Waals surface area contributed by atoms with Crippen molar-refractivity contribution in [2.24, 2.45) is 5.73 Å². The average molecular weight is 215 g/mol. The summed E-state index contributed by atoms with van der Waals surface area (Å²) in [5.74, 6) is 0.796. The Kier molecular flexibility index (Phi) is 3.12. The quantitative estimate of drug-likeness (QED) is 0.843. The lowest BCUT2D eigenvalue weighted by Gasteiger charge is -2.12. The van der Waals surface area contributed by atoms with E-state index in [-0.39, 0.29) is 6.04 Å². The largest absolute Gasteiger partial charge is 0.497 e. The van der Waals surface area contributed by atoms with Crippen LogP contribution in [0.15, 0.2) is 43.0 Å². The maximum Gasteiger partial charge on any atom is 0.119 e. The van der Waals surface area contributed by atoms with Crippen LogP contribution >= 0.6 is 0 Å². The summed E-state index contributed by atoms with van der Waals surface area (Å²) >= 11 is 0. The minimum absolute atomic E-state index is 0.226. The van der Waals surface area contributed by atoms with Crippen molar-refractivity contribution in [1.29, 1.82) is 0 Å². The molecule has 0 bridgehead atoms. The number of hydrogen-bond acceptors (Lipinski definition) is 4. The van der Waals surface area contributed by atoms with Gasteiger partial charge in [-0.3, -0.25) is 0 Å². The zero-order valence-corrected chi connectivity index (χ0v) is 9.00. The number of hydrogen-bond donors (Lipinski definition) is 1. The molecule has 1 aromatic heterocycles. The number of methoxy groups -OCH3 is 1. The van der Waals surface area contributed by atoms with Gasteiger partial charge in [0, 0.05) is 18.0 Å². The Morgan fingerprint density at radius 3 is 2.62 bits per heavy atom. The van der Waals surface area contributed by atoms with Gasteiger partial charge < -0.3 is 10.5 Å². The second-order valence-corrected chi connectivity index (χ2v) is 3.43. The van der Waals surface area contributed by atoms with Gasteiger partial charge in [-0.25, -0.2) is 9.97 Å². The van der Waals surface area contributed by atoms with Crippen molar-refractivity contribution in [1.82, 2.24) is 9.97 Å². The van der Waals surface area contributed by atoms with Crippen LogP contribution in [-0.2, 0) is 0 Å². The van der Waals surface area contributed by atoms with Gasteiger partial charge in [0.15, 0.2) is 0 Å². The highest BCUT2D eigenvalue weighted by atomic mass is 16.5. The van der Waals surface area contributed by atoms with E-state index in [1.165, 1.54) is 6.33 Å². The molecule has 16 heavy (non-hydrogen) atoms. The van der Waals surface area contributed by atoms with Crippen molar-refractivity contribution in [2.45, 2.75) is 6.04 Å². The third kappa shape index (κ3) is 2.17.